The van der Waals surface area contributed by atoms with E-state index in [1.54, 1.807) is 23.6 Å². The van der Waals surface area contributed by atoms with Crippen LogP contribution >= 0.6 is 0 Å². The third-order valence-electron chi connectivity index (χ3n) is 5.09. The van der Waals surface area contributed by atoms with Gasteiger partial charge >= 0.3 is 5.97 Å². The molecule has 0 radical (unpaired) electrons. The number of aryl methyl sites for hydroxylation is 2. The molecule has 0 aliphatic heterocycles. The lowest BCUT2D eigenvalue weighted by Gasteiger charge is -2.09. The number of carbonyl (C=O) groups is 2. The Bertz CT molecular complexity index is 1460. The third kappa shape index (κ3) is 4.29. The third-order valence-corrected chi connectivity index (χ3v) is 5.09. The fourth-order valence-corrected chi connectivity index (χ4v) is 3.42. The topological polar surface area (TPSA) is 108 Å². The summed E-state index contributed by atoms with van der Waals surface area (Å²) in [7, 11) is 1.58. The molecule has 33 heavy (non-hydrogen) atoms. The molecule has 4 aromatic rings. The van der Waals surface area contributed by atoms with E-state index >= 15 is 0 Å². The van der Waals surface area contributed by atoms with Gasteiger partial charge in [-0.25, -0.2) is 8.78 Å². The van der Waals surface area contributed by atoms with Crippen LogP contribution in [0.25, 0.3) is 16.7 Å². The van der Waals surface area contributed by atoms with E-state index in [-0.39, 0.29) is 30.7 Å². The average Bonchev–Trinajstić information content (AvgIpc) is 3.20. The van der Waals surface area contributed by atoms with Crippen LogP contribution in [-0.4, -0.2) is 37.6 Å². The van der Waals surface area contributed by atoms with Crippen LogP contribution in [0.4, 0.5) is 8.78 Å². The van der Waals surface area contributed by atoms with Gasteiger partial charge in [0, 0.05) is 19.7 Å². The van der Waals surface area contributed by atoms with Crippen molar-refractivity contribution >= 4 is 28.6 Å². The summed E-state index contributed by atoms with van der Waals surface area (Å²) in [6.45, 7) is 1.56. The monoisotopic (exact) mass is 455 g/mol. The van der Waals surface area contributed by atoms with Crippen LogP contribution in [-0.2, 0) is 23.2 Å². The summed E-state index contributed by atoms with van der Waals surface area (Å²) in [5.41, 5.74) is 0.962. The van der Waals surface area contributed by atoms with Crippen molar-refractivity contribution in [3.05, 3.63) is 75.3 Å². The number of fused-ring (bicyclic) bond motifs is 3. The standard InChI is InChI=1S/C22H19F2N5O4/c1-12-3-6-17-15(9-12)21(32)28(2)22-27-26-18(29(17)22)11-33-19(30)7-8-25-20(31)14-5-4-13(23)10-16(14)24/h3-6,9-10H,7-8,11H2,1-2H3,(H,25,31). The fraction of sp³-hybridized carbons (Fsp3) is 0.227. The molecule has 0 aliphatic carbocycles. The van der Waals surface area contributed by atoms with E-state index in [9.17, 15) is 23.2 Å². The number of amides is 1. The van der Waals surface area contributed by atoms with Gasteiger partial charge in [-0.05, 0) is 31.2 Å². The number of rotatable bonds is 6. The van der Waals surface area contributed by atoms with Gasteiger partial charge in [-0.1, -0.05) is 11.6 Å². The van der Waals surface area contributed by atoms with Crippen molar-refractivity contribution in [3.63, 3.8) is 0 Å². The number of aromatic nitrogens is 4. The van der Waals surface area contributed by atoms with Crippen LogP contribution in [0.1, 0.15) is 28.2 Å². The molecule has 1 amide bonds. The summed E-state index contributed by atoms with van der Waals surface area (Å²) in [4.78, 5) is 36.7. The Labute approximate surface area is 185 Å². The fourth-order valence-electron chi connectivity index (χ4n) is 3.42. The Morgan fingerprint density at radius 2 is 1.91 bits per heavy atom. The highest BCUT2D eigenvalue weighted by Crippen LogP contribution is 2.16. The lowest BCUT2D eigenvalue weighted by Crippen LogP contribution is -2.27. The van der Waals surface area contributed by atoms with Crippen LogP contribution in [0.2, 0.25) is 0 Å². The quantitative estimate of drug-likeness (QED) is 0.446. The smallest absolute Gasteiger partial charge is 0.308 e. The van der Waals surface area contributed by atoms with Crippen molar-refractivity contribution in [1.29, 1.82) is 0 Å². The van der Waals surface area contributed by atoms with Crippen LogP contribution in [0.15, 0.2) is 41.2 Å². The summed E-state index contributed by atoms with van der Waals surface area (Å²) in [6, 6.07) is 7.98. The van der Waals surface area contributed by atoms with Crippen LogP contribution < -0.4 is 10.9 Å². The Hall–Kier alpha value is -4.15. The molecular formula is C22H19F2N5O4. The Morgan fingerprint density at radius 1 is 1.12 bits per heavy atom. The Morgan fingerprint density at radius 3 is 2.67 bits per heavy atom. The molecule has 0 atom stereocenters. The molecule has 0 saturated heterocycles. The minimum Gasteiger partial charge on any atom is -0.457 e. The summed E-state index contributed by atoms with van der Waals surface area (Å²) < 4.78 is 34.8. The van der Waals surface area contributed by atoms with Gasteiger partial charge in [-0.3, -0.25) is 23.4 Å². The lowest BCUT2D eigenvalue weighted by molar-refractivity contribution is -0.145. The highest BCUT2D eigenvalue weighted by atomic mass is 19.1. The summed E-state index contributed by atoms with van der Waals surface area (Å²) in [5, 5.41) is 10.9. The van der Waals surface area contributed by atoms with E-state index in [2.05, 4.69) is 15.5 Å². The molecule has 0 aliphatic rings. The second-order valence-electron chi connectivity index (χ2n) is 7.43. The first-order valence-electron chi connectivity index (χ1n) is 9.98. The van der Waals surface area contributed by atoms with E-state index < -0.39 is 23.5 Å². The van der Waals surface area contributed by atoms with Crippen LogP contribution in [0, 0.1) is 18.6 Å². The maximum absolute atomic E-state index is 13.6. The molecule has 0 saturated carbocycles. The first-order chi connectivity index (χ1) is 15.8. The van der Waals surface area contributed by atoms with Gasteiger partial charge in [-0.15, -0.1) is 10.2 Å². The Balaban J connectivity index is 1.42. The van der Waals surface area contributed by atoms with Crippen LogP contribution in [0.3, 0.4) is 0 Å². The van der Waals surface area contributed by atoms with E-state index in [0.29, 0.717) is 28.6 Å². The zero-order valence-electron chi connectivity index (χ0n) is 17.8. The minimum atomic E-state index is -0.995. The molecular weight excluding hydrogens is 436 g/mol. The largest absolute Gasteiger partial charge is 0.457 e. The normalized spacial score (nSPS) is 11.2. The number of benzene rings is 2. The van der Waals surface area contributed by atoms with Crippen molar-refractivity contribution in [1.82, 2.24) is 24.5 Å². The molecule has 0 fully saturated rings. The molecule has 170 valence electrons. The number of nitrogens with zero attached hydrogens (tertiary/aromatic N) is 4. The van der Waals surface area contributed by atoms with E-state index in [4.69, 9.17) is 4.74 Å². The number of halogens is 2. The van der Waals surface area contributed by atoms with Crippen molar-refractivity contribution in [2.24, 2.45) is 7.05 Å². The lowest BCUT2D eigenvalue weighted by atomic mass is 10.1. The van der Waals surface area contributed by atoms with Gasteiger partial charge in [0.15, 0.2) is 12.4 Å². The highest BCUT2D eigenvalue weighted by molar-refractivity contribution is 5.94. The zero-order valence-corrected chi connectivity index (χ0v) is 17.8. The number of hydrogen-bond donors (Lipinski definition) is 1. The summed E-state index contributed by atoms with van der Waals surface area (Å²) >= 11 is 0. The number of nitrogens with one attached hydrogen (secondary N) is 1. The van der Waals surface area contributed by atoms with Gasteiger partial charge in [0.05, 0.1) is 22.9 Å². The predicted octanol–water partition coefficient (Wildman–Crippen LogP) is 2.03. The maximum atomic E-state index is 13.6. The second-order valence-corrected chi connectivity index (χ2v) is 7.43. The zero-order chi connectivity index (χ0) is 23.7. The summed E-state index contributed by atoms with van der Waals surface area (Å²) in [6.07, 6.45) is -0.177. The van der Waals surface area contributed by atoms with Gasteiger partial charge < -0.3 is 10.1 Å². The molecule has 2 aromatic heterocycles. The molecule has 0 spiro atoms. The van der Waals surface area contributed by atoms with Crippen molar-refractivity contribution in [2.45, 2.75) is 20.0 Å². The first kappa shape index (κ1) is 22.1. The molecule has 0 unspecified atom stereocenters. The van der Waals surface area contributed by atoms with Gasteiger partial charge in [0.1, 0.15) is 11.6 Å². The number of esters is 1. The van der Waals surface area contributed by atoms with Crippen molar-refractivity contribution in [3.8, 4) is 0 Å². The van der Waals surface area contributed by atoms with E-state index in [0.717, 1.165) is 17.7 Å². The molecule has 0 bridgehead atoms. The molecule has 9 nitrogen and oxygen atoms in total. The van der Waals surface area contributed by atoms with E-state index in [1.807, 2.05) is 13.0 Å². The number of carbonyl (C=O) groups excluding carboxylic acids is 2. The van der Waals surface area contributed by atoms with Gasteiger partial charge in [0.2, 0.25) is 5.78 Å². The second kappa shape index (κ2) is 8.77. The molecule has 4 rings (SSSR count). The van der Waals surface area contributed by atoms with Gasteiger partial charge in [-0.2, -0.15) is 0 Å². The number of hydrogen-bond acceptors (Lipinski definition) is 6. The molecule has 1 N–H and O–H groups in total. The van der Waals surface area contributed by atoms with Crippen LogP contribution in [0.5, 0.6) is 0 Å². The summed E-state index contributed by atoms with van der Waals surface area (Å²) in [5.74, 6) is -2.57. The average molecular weight is 455 g/mol. The SMILES string of the molecule is Cc1ccc2c(c1)c(=O)n(C)c1nnc(COC(=O)CCNC(=O)c3ccc(F)cc3F)n21. The highest BCUT2D eigenvalue weighted by Gasteiger charge is 2.17. The predicted molar refractivity (Wildman–Crippen MR) is 114 cm³/mol. The maximum Gasteiger partial charge on any atom is 0.308 e. The first-order valence-corrected chi connectivity index (χ1v) is 9.98. The minimum absolute atomic E-state index is 0.105. The molecule has 2 aromatic carbocycles. The molecule has 2 heterocycles. The Kier molecular flexibility index (Phi) is 5.86. The number of ether oxygens (including phenoxy) is 1. The van der Waals surface area contributed by atoms with Crippen molar-refractivity contribution < 1.29 is 23.1 Å². The molecule has 11 heteroatoms. The van der Waals surface area contributed by atoms with Gasteiger partial charge in [0.25, 0.3) is 11.5 Å². The van der Waals surface area contributed by atoms with E-state index in [1.165, 1.54) is 4.57 Å². The van der Waals surface area contributed by atoms with Crippen molar-refractivity contribution in [2.75, 3.05) is 6.54 Å².